The molecule has 0 aliphatic carbocycles. The van der Waals surface area contributed by atoms with Crippen molar-refractivity contribution in [2.45, 2.75) is 13.0 Å². The van der Waals surface area contributed by atoms with Crippen LogP contribution in [0.25, 0.3) is 0 Å². The van der Waals surface area contributed by atoms with Crippen LogP contribution in [0.15, 0.2) is 47.7 Å². The third-order valence-electron chi connectivity index (χ3n) is 5.51. The first-order valence-electron chi connectivity index (χ1n) is 10.6. The van der Waals surface area contributed by atoms with E-state index in [1.807, 2.05) is 23.1 Å². The van der Waals surface area contributed by atoms with Crippen LogP contribution in [0.1, 0.15) is 18.5 Å². The number of esters is 1. The Kier molecular flexibility index (Phi) is 6.48. The number of nitrogens with one attached hydrogen (secondary N) is 1. The second-order valence-electron chi connectivity index (χ2n) is 7.38. The van der Waals surface area contributed by atoms with Crippen LogP contribution in [0.3, 0.4) is 0 Å². The van der Waals surface area contributed by atoms with E-state index in [4.69, 9.17) is 14.5 Å². The molecule has 168 valence electrons. The second kappa shape index (κ2) is 9.63. The van der Waals surface area contributed by atoms with Crippen molar-refractivity contribution < 1.29 is 19.1 Å². The minimum atomic E-state index is -1.09. The average molecular weight is 438 g/mol. The molecule has 32 heavy (non-hydrogen) atoms. The summed E-state index contributed by atoms with van der Waals surface area (Å²) in [5.74, 6) is -0.436. The predicted molar refractivity (Wildman–Crippen MR) is 117 cm³/mol. The van der Waals surface area contributed by atoms with Crippen LogP contribution >= 0.6 is 0 Å². The number of amides is 1. The van der Waals surface area contributed by atoms with E-state index in [9.17, 15) is 9.59 Å². The maximum Gasteiger partial charge on any atom is 0.321 e. The number of aromatic nitrogens is 2. The molecule has 3 heterocycles. The number of hydrogen-bond acceptors (Lipinski definition) is 9. The molecule has 1 amide bonds. The van der Waals surface area contributed by atoms with Gasteiger partial charge in [-0.05, 0) is 19.1 Å². The normalized spacial score (nSPS) is 20.9. The minimum absolute atomic E-state index is 0.182. The van der Waals surface area contributed by atoms with Crippen molar-refractivity contribution in [3.63, 3.8) is 0 Å². The summed E-state index contributed by atoms with van der Waals surface area (Å²) in [6.45, 7) is 4.50. The quantitative estimate of drug-likeness (QED) is 0.544. The number of guanidine groups is 1. The molecule has 2 aromatic rings. The zero-order valence-corrected chi connectivity index (χ0v) is 18.1. The summed E-state index contributed by atoms with van der Waals surface area (Å²) in [5, 5.41) is 2.81. The first-order valence-corrected chi connectivity index (χ1v) is 10.6. The molecule has 10 nitrogen and oxygen atoms in total. The van der Waals surface area contributed by atoms with E-state index in [0.29, 0.717) is 49.4 Å². The van der Waals surface area contributed by atoms with E-state index in [1.54, 1.807) is 38.6 Å². The van der Waals surface area contributed by atoms with Gasteiger partial charge in [-0.25, -0.2) is 15.0 Å². The number of carbonyl (C=O) groups excluding carboxylic acids is 2. The second-order valence-corrected chi connectivity index (χ2v) is 7.38. The predicted octanol–water partition coefficient (Wildman–Crippen LogP) is 1.01. The highest BCUT2D eigenvalue weighted by Gasteiger charge is 2.43. The van der Waals surface area contributed by atoms with Crippen molar-refractivity contribution in [2.75, 3.05) is 44.8 Å². The van der Waals surface area contributed by atoms with Crippen molar-refractivity contribution >= 4 is 23.8 Å². The van der Waals surface area contributed by atoms with Crippen LogP contribution in [0.4, 0.5) is 5.95 Å². The lowest BCUT2D eigenvalue weighted by Gasteiger charge is -2.39. The highest BCUT2D eigenvalue weighted by atomic mass is 16.5. The SMILES string of the molecule is CCOC(=O)[C@H]1C(=O)NC(N2CCN(c3ncccn3)CC2)=N[C@@H]1c1ccccc1OC. The number of nitrogens with zero attached hydrogens (tertiary/aromatic N) is 5. The number of methoxy groups -OCH3 is 1. The van der Waals surface area contributed by atoms with Crippen molar-refractivity contribution in [2.24, 2.45) is 10.9 Å². The van der Waals surface area contributed by atoms with Gasteiger partial charge in [0, 0.05) is 44.1 Å². The zero-order valence-electron chi connectivity index (χ0n) is 18.1. The van der Waals surface area contributed by atoms with Gasteiger partial charge in [0.15, 0.2) is 5.92 Å². The van der Waals surface area contributed by atoms with E-state index in [2.05, 4.69) is 20.2 Å². The van der Waals surface area contributed by atoms with Gasteiger partial charge in [0.1, 0.15) is 11.8 Å². The molecular weight excluding hydrogens is 412 g/mol. The molecule has 1 saturated heterocycles. The number of ether oxygens (including phenoxy) is 2. The summed E-state index contributed by atoms with van der Waals surface area (Å²) in [7, 11) is 1.55. The van der Waals surface area contributed by atoms with Crippen molar-refractivity contribution in [3.05, 3.63) is 48.3 Å². The third-order valence-corrected chi connectivity index (χ3v) is 5.51. The van der Waals surface area contributed by atoms with E-state index in [0.717, 1.165) is 0 Å². The number of anilines is 1. The zero-order chi connectivity index (χ0) is 22.5. The molecule has 4 rings (SSSR count). The number of rotatable bonds is 5. The lowest BCUT2D eigenvalue weighted by atomic mass is 9.90. The van der Waals surface area contributed by atoms with Gasteiger partial charge < -0.3 is 19.3 Å². The van der Waals surface area contributed by atoms with Crippen molar-refractivity contribution in [1.82, 2.24) is 20.2 Å². The summed E-state index contributed by atoms with van der Waals surface area (Å²) in [4.78, 5) is 43.2. The molecule has 0 unspecified atom stereocenters. The number of benzene rings is 1. The first kappa shape index (κ1) is 21.5. The van der Waals surface area contributed by atoms with E-state index in [-0.39, 0.29) is 6.61 Å². The van der Waals surface area contributed by atoms with Crippen LogP contribution < -0.4 is 15.0 Å². The maximum atomic E-state index is 13.0. The minimum Gasteiger partial charge on any atom is -0.496 e. The number of hydrogen-bond donors (Lipinski definition) is 1. The van der Waals surface area contributed by atoms with Crippen LogP contribution in [0, 0.1) is 5.92 Å². The van der Waals surface area contributed by atoms with E-state index in [1.165, 1.54) is 0 Å². The molecule has 1 fully saturated rings. The number of aliphatic imine (C=N–C) groups is 1. The molecule has 0 bridgehead atoms. The molecule has 2 aliphatic rings. The van der Waals surface area contributed by atoms with Crippen LogP contribution in [-0.2, 0) is 14.3 Å². The van der Waals surface area contributed by atoms with Crippen LogP contribution in [0.2, 0.25) is 0 Å². The summed E-state index contributed by atoms with van der Waals surface area (Å²) < 4.78 is 10.7. The maximum absolute atomic E-state index is 13.0. The molecule has 0 saturated carbocycles. The largest absolute Gasteiger partial charge is 0.496 e. The summed E-state index contributed by atoms with van der Waals surface area (Å²) in [6.07, 6.45) is 3.43. The Labute approximate surface area is 186 Å². The summed E-state index contributed by atoms with van der Waals surface area (Å²) in [6, 6.07) is 8.31. The van der Waals surface area contributed by atoms with E-state index >= 15 is 0 Å². The number of carbonyl (C=O) groups is 2. The molecule has 10 heteroatoms. The van der Waals surface area contributed by atoms with Gasteiger partial charge in [0.2, 0.25) is 17.8 Å². The van der Waals surface area contributed by atoms with Crippen molar-refractivity contribution in [1.29, 1.82) is 0 Å². The lowest BCUT2D eigenvalue weighted by Crippen LogP contribution is -2.57. The smallest absolute Gasteiger partial charge is 0.321 e. The van der Waals surface area contributed by atoms with Gasteiger partial charge in [-0.2, -0.15) is 0 Å². The third kappa shape index (κ3) is 4.34. The fourth-order valence-electron chi connectivity index (χ4n) is 3.93. The Morgan fingerprint density at radius 1 is 1.09 bits per heavy atom. The molecule has 0 spiro atoms. The molecular formula is C22H26N6O4. The molecule has 1 N–H and O–H groups in total. The van der Waals surface area contributed by atoms with Crippen LogP contribution in [-0.4, -0.2) is 72.6 Å². The van der Waals surface area contributed by atoms with Gasteiger partial charge >= 0.3 is 5.97 Å². The highest BCUT2D eigenvalue weighted by Crippen LogP contribution is 2.36. The monoisotopic (exact) mass is 438 g/mol. The van der Waals surface area contributed by atoms with Gasteiger partial charge in [0.25, 0.3) is 0 Å². The van der Waals surface area contributed by atoms with E-state index < -0.39 is 23.8 Å². The Morgan fingerprint density at radius 3 is 2.47 bits per heavy atom. The average Bonchev–Trinajstić information content (AvgIpc) is 2.84. The topological polar surface area (TPSA) is 109 Å². The van der Waals surface area contributed by atoms with Gasteiger partial charge in [-0.3, -0.25) is 14.9 Å². The van der Waals surface area contributed by atoms with Crippen LogP contribution in [0.5, 0.6) is 5.75 Å². The highest BCUT2D eigenvalue weighted by molar-refractivity contribution is 6.08. The lowest BCUT2D eigenvalue weighted by molar-refractivity contribution is -0.153. The summed E-state index contributed by atoms with van der Waals surface area (Å²) in [5.41, 5.74) is 0.664. The standard InChI is InChI=1S/C22H26N6O4/c1-3-32-20(30)17-18(15-7-4-5-8-16(15)31-2)25-22(26-19(17)29)28-13-11-27(12-14-28)21-23-9-6-10-24-21/h4-10,17-18H,3,11-14H2,1-2H3,(H,25,26,29)/t17-,18-/m1/s1. The fourth-order valence-corrected chi connectivity index (χ4v) is 3.93. The molecule has 2 atom stereocenters. The molecule has 2 aliphatic heterocycles. The Hall–Kier alpha value is -3.69. The summed E-state index contributed by atoms with van der Waals surface area (Å²) >= 11 is 0. The molecule has 1 aromatic carbocycles. The Morgan fingerprint density at radius 2 is 1.78 bits per heavy atom. The number of para-hydroxylation sites is 1. The van der Waals surface area contributed by atoms with Crippen molar-refractivity contribution in [3.8, 4) is 5.75 Å². The van der Waals surface area contributed by atoms with Gasteiger partial charge in [0.05, 0.1) is 13.7 Å². The van der Waals surface area contributed by atoms with Gasteiger partial charge in [-0.1, -0.05) is 18.2 Å². The Balaban J connectivity index is 1.60. The Bertz CT molecular complexity index is 991. The van der Waals surface area contributed by atoms with Gasteiger partial charge in [-0.15, -0.1) is 0 Å². The number of piperazine rings is 1. The molecule has 1 aromatic heterocycles. The molecule has 0 radical (unpaired) electrons. The first-order chi connectivity index (χ1) is 15.6. The fraction of sp³-hybridized carbons (Fsp3) is 0.409.